The van der Waals surface area contributed by atoms with Gasteiger partial charge in [0.2, 0.25) is 0 Å². The molecule has 16 heteroatoms. The van der Waals surface area contributed by atoms with Crippen LogP contribution in [-0.2, 0) is 40.1 Å². The van der Waals surface area contributed by atoms with Crippen molar-refractivity contribution < 1.29 is 33.7 Å². The van der Waals surface area contributed by atoms with Crippen molar-refractivity contribution in [2.75, 3.05) is 25.0 Å². The van der Waals surface area contributed by atoms with Crippen molar-refractivity contribution in [3.05, 3.63) is 0 Å². The van der Waals surface area contributed by atoms with Crippen LogP contribution in [-0.4, -0.2) is 78.1 Å². The van der Waals surface area contributed by atoms with Crippen LogP contribution in [0.15, 0.2) is 0 Å². The van der Waals surface area contributed by atoms with Gasteiger partial charge in [-0.1, -0.05) is 0 Å². The number of sulfonamides is 4. The molecule has 0 aliphatic heterocycles. The van der Waals surface area contributed by atoms with Gasteiger partial charge in [-0.25, -0.2) is 0 Å². The van der Waals surface area contributed by atoms with Gasteiger partial charge < -0.3 is 0 Å². The summed E-state index contributed by atoms with van der Waals surface area (Å²) in [5.41, 5.74) is 0. The fraction of sp³-hybridized carbons (Fsp3) is 1.00. The van der Waals surface area contributed by atoms with Gasteiger partial charge in [0.05, 0.1) is 0 Å². The average molecular weight is 455 g/mol. The van der Waals surface area contributed by atoms with E-state index in [1.807, 2.05) is 0 Å². The first-order valence-electron chi connectivity index (χ1n) is 4.27. The molecule has 0 aromatic carbocycles. The van der Waals surface area contributed by atoms with Crippen LogP contribution in [0, 0.1) is 0 Å². The number of halogens is 1. The monoisotopic (exact) mass is 454 g/mol. The van der Waals surface area contributed by atoms with Crippen LogP contribution >= 0.6 is 9.95 Å². The maximum absolute atomic E-state index is 11.5. The average Bonchev–Trinajstić information content (AvgIpc) is 1.88. The van der Waals surface area contributed by atoms with Crippen LogP contribution in [0.4, 0.5) is 0 Å². The van der Waals surface area contributed by atoms with E-state index >= 15 is 0 Å². The summed E-state index contributed by atoms with van der Waals surface area (Å²) in [4.78, 5) is 0. The summed E-state index contributed by atoms with van der Waals surface area (Å²) in [5, 5.41) is 0. The second kappa shape index (κ2) is 5.99. The molecule has 0 saturated heterocycles. The summed E-state index contributed by atoms with van der Waals surface area (Å²) >= 11 is -4.23. The first-order valence-corrected chi connectivity index (χ1v) is 15.8. The Morgan fingerprint density at radius 1 is 0.600 bits per heavy atom. The van der Waals surface area contributed by atoms with Crippen LogP contribution in [0.5, 0.6) is 0 Å². The molecule has 20 heavy (non-hydrogen) atoms. The molecule has 0 aliphatic rings. The third-order valence-electron chi connectivity index (χ3n) is 1.40. The molecule has 0 saturated carbocycles. The molecular formula is C4H12AsClN2O8S4. The Morgan fingerprint density at radius 2 is 0.750 bits per heavy atom. The summed E-state index contributed by atoms with van der Waals surface area (Å²) in [6.07, 6.45) is 1.89. The van der Waals surface area contributed by atoms with Crippen molar-refractivity contribution in [3.63, 3.8) is 0 Å². The normalized spacial score (nSPS) is 15.2. The Bertz CT molecular complexity index is 651. The van der Waals surface area contributed by atoms with Crippen LogP contribution in [0.25, 0.3) is 0 Å². The summed E-state index contributed by atoms with van der Waals surface area (Å²) in [5.74, 6) is 0. The van der Waals surface area contributed by atoms with E-state index in [4.69, 9.17) is 9.95 Å². The first-order chi connectivity index (χ1) is 8.40. The summed E-state index contributed by atoms with van der Waals surface area (Å²) < 4.78 is 91.1. The van der Waals surface area contributed by atoms with E-state index in [-0.39, 0.29) is 5.25 Å². The molecular weight excluding hydrogens is 443 g/mol. The molecule has 0 aliphatic carbocycles. The van der Waals surface area contributed by atoms with Gasteiger partial charge in [0.25, 0.3) is 0 Å². The second-order valence-corrected chi connectivity index (χ2v) is 18.1. The van der Waals surface area contributed by atoms with Crippen LogP contribution in [0.1, 0.15) is 0 Å². The minimum absolute atomic E-state index is 0.267. The van der Waals surface area contributed by atoms with Gasteiger partial charge >= 0.3 is 128 Å². The molecule has 0 spiro atoms. The van der Waals surface area contributed by atoms with E-state index in [9.17, 15) is 33.7 Å². The topological polar surface area (TPSA) is 143 Å². The molecule has 0 bridgehead atoms. The predicted octanol–water partition coefficient (Wildman–Crippen LogP) is -2.35. The maximum atomic E-state index is 11.5. The van der Waals surface area contributed by atoms with E-state index in [1.54, 1.807) is 0 Å². The van der Waals surface area contributed by atoms with Crippen molar-refractivity contribution in [2.24, 2.45) is 0 Å². The number of hydrogen-bond acceptors (Lipinski definition) is 8. The molecule has 0 amide bonds. The Balaban J connectivity index is 6.38. The molecule has 0 aromatic heterocycles. The van der Waals surface area contributed by atoms with E-state index in [0.29, 0.717) is 25.0 Å². The van der Waals surface area contributed by atoms with E-state index in [1.165, 1.54) is 0 Å². The van der Waals surface area contributed by atoms with Gasteiger partial charge in [-0.3, -0.25) is 0 Å². The number of nitrogens with zero attached hydrogens (tertiary/aromatic N) is 2. The Kier molecular flexibility index (Phi) is 6.16. The van der Waals surface area contributed by atoms with Crippen molar-refractivity contribution in [1.29, 1.82) is 0 Å². The third kappa shape index (κ3) is 5.40. The molecule has 0 atom stereocenters. The number of rotatable bonds is 6. The molecule has 0 unspecified atom stereocenters. The summed E-state index contributed by atoms with van der Waals surface area (Å²) in [7, 11) is -12.3. The second-order valence-electron chi connectivity index (χ2n) is 3.65. The van der Waals surface area contributed by atoms with E-state index in [0.717, 1.165) is 0 Å². The minimum atomic E-state index is -4.48. The van der Waals surface area contributed by atoms with Crippen molar-refractivity contribution in [1.82, 2.24) is 5.25 Å². The predicted molar refractivity (Wildman–Crippen MR) is 74.7 cm³/mol. The van der Waals surface area contributed by atoms with Gasteiger partial charge in [0.15, 0.2) is 0 Å². The third-order valence-corrected chi connectivity index (χ3v) is 22.2. The van der Waals surface area contributed by atoms with E-state index < -0.39 is 54.3 Å². The summed E-state index contributed by atoms with van der Waals surface area (Å²) in [6, 6.07) is 0. The SMILES string of the molecule is CS(=O)(=O)N([As](Cl)N(S(C)(=O)=O)S(C)(=O)=O)S(C)(=O)=O. The quantitative estimate of drug-likeness (QED) is 0.406. The molecule has 0 aromatic rings. The number of hydrogen-bond donors (Lipinski definition) is 0. The summed E-state index contributed by atoms with van der Waals surface area (Å²) in [6.45, 7) is 0. The molecule has 122 valence electrons. The van der Waals surface area contributed by atoms with Crippen LogP contribution < -0.4 is 0 Å². The van der Waals surface area contributed by atoms with Crippen LogP contribution in [0.2, 0.25) is 0 Å². The standard InChI is InChI=1S/C4H12AsClN2O8S4/c1-17(9,10)7(18(2,11)12)5(6)8(19(3,13)14)20(4,15)16/h1-4H3. The van der Waals surface area contributed by atoms with Gasteiger partial charge in [0, 0.05) is 0 Å². The molecule has 0 fully saturated rings. The van der Waals surface area contributed by atoms with Gasteiger partial charge in [0.1, 0.15) is 0 Å². The van der Waals surface area contributed by atoms with Gasteiger partial charge in [-0.05, 0) is 0 Å². The fourth-order valence-electron chi connectivity index (χ4n) is 1.04. The van der Waals surface area contributed by atoms with Crippen molar-refractivity contribution >= 4 is 64.2 Å². The molecule has 0 heterocycles. The molecule has 0 N–H and O–H groups in total. The van der Waals surface area contributed by atoms with Crippen LogP contribution in [0.3, 0.4) is 0 Å². The van der Waals surface area contributed by atoms with Crippen molar-refractivity contribution in [3.8, 4) is 0 Å². The Labute approximate surface area is 127 Å². The Hall–Kier alpha value is 0.568. The zero-order valence-electron chi connectivity index (χ0n) is 10.6. The zero-order valence-corrected chi connectivity index (χ0v) is 16.5. The van der Waals surface area contributed by atoms with Crippen molar-refractivity contribution in [2.45, 2.75) is 0 Å². The first kappa shape index (κ1) is 20.6. The fourth-order valence-corrected chi connectivity index (χ4v) is 21.8. The molecule has 10 nitrogen and oxygen atoms in total. The molecule has 0 radical (unpaired) electrons. The zero-order chi connectivity index (χ0) is 16.7. The molecule has 0 rings (SSSR count). The van der Waals surface area contributed by atoms with Gasteiger partial charge in [-0.15, -0.1) is 0 Å². The van der Waals surface area contributed by atoms with Gasteiger partial charge in [-0.2, -0.15) is 0 Å². The van der Waals surface area contributed by atoms with E-state index in [2.05, 4.69) is 0 Å². The Morgan fingerprint density at radius 3 is 0.850 bits per heavy atom.